The van der Waals surface area contributed by atoms with Crippen molar-refractivity contribution < 1.29 is 22.4 Å². The molecule has 0 radical (unpaired) electrons. The summed E-state index contributed by atoms with van der Waals surface area (Å²) in [7, 11) is -2.18. The summed E-state index contributed by atoms with van der Waals surface area (Å²) in [6.07, 6.45) is 0. The molecule has 0 bridgehead atoms. The van der Waals surface area contributed by atoms with Crippen molar-refractivity contribution in [3.63, 3.8) is 0 Å². The van der Waals surface area contributed by atoms with Crippen LogP contribution in [0, 0.1) is 0 Å². The first-order valence-electron chi connectivity index (χ1n) is 14.4. The van der Waals surface area contributed by atoms with Gasteiger partial charge < -0.3 is 14.9 Å². The summed E-state index contributed by atoms with van der Waals surface area (Å²) in [5, 5.41) is 20.8. The van der Waals surface area contributed by atoms with Gasteiger partial charge in [-0.2, -0.15) is 0 Å². The minimum absolute atomic E-state index is 0.0781. The van der Waals surface area contributed by atoms with Crippen LogP contribution in [0.15, 0.2) is 121 Å². The highest BCUT2D eigenvalue weighted by molar-refractivity contribution is 6.58. The summed E-state index contributed by atoms with van der Waals surface area (Å²) in [5.41, 5.74) is 0.974. The lowest BCUT2D eigenvalue weighted by Gasteiger charge is -2.26. The molecule has 0 saturated heterocycles. The van der Waals surface area contributed by atoms with E-state index in [0.29, 0.717) is 27.7 Å². The van der Waals surface area contributed by atoms with Gasteiger partial charge in [0.2, 0.25) is 0 Å². The Balaban J connectivity index is 1.71. The Bertz CT molecular complexity index is 1780. The molecule has 0 aliphatic heterocycles. The first kappa shape index (κ1) is 12.3. The Morgan fingerprint density at radius 2 is 1.28 bits per heavy atom. The van der Waals surface area contributed by atoms with Crippen LogP contribution in [0.3, 0.4) is 0 Å². The predicted octanol–water partition coefficient (Wildman–Crippen LogP) is 5.66. The number of hydrogen-bond acceptors (Lipinski definition) is 3. The van der Waals surface area contributed by atoms with Crippen molar-refractivity contribution in [1.29, 1.82) is 0 Å². The van der Waals surface area contributed by atoms with Gasteiger partial charge >= 0.3 is 7.12 Å². The minimum atomic E-state index is -2.18. The topological polar surface area (TPSA) is 43.7 Å². The van der Waals surface area contributed by atoms with Crippen molar-refractivity contribution in [2.75, 3.05) is 4.90 Å². The fraction of sp³-hybridized carbons (Fsp3) is 0. The number of rotatable bonds is 5. The average molecular weight is 424 g/mol. The van der Waals surface area contributed by atoms with E-state index in [2.05, 4.69) is 0 Å². The fourth-order valence-corrected chi connectivity index (χ4v) is 3.46. The summed E-state index contributed by atoms with van der Waals surface area (Å²) >= 11 is 0. The van der Waals surface area contributed by atoms with Gasteiger partial charge in [-0.15, -0.1) is 0 Å². The van der Waals surface area contributed by atoms with Gasteiger partial charge in [0.15, 0.2) is 0 Å². The maximum atomic E-state index is 9.68. The van der Waals surface area contributed by atoms with Crippen LogP contribution in [0.2, 0.25) is 0 Å². The van der Waals surface area contributed by atoms with E-state index in [-0.39, 0.29) is 23.3 Å². The number of fused-ring (bicyclic) bond motifs is 1. The van der Waals surface area contributed by atoms with E-state index in [1.54, 1.807) is 71.6 Å². The summed E-state index contributed by atoms with van der Waals surface area (Å²) in [6, 6.07) is 15.2. The normalized spacial score (nSPS) is 14.8. The quantitative estimate of drug-likeness (QED) is 0.358. The van der Waals surface area contributed by atoms with Crippen LogP contribution < -0.4 is 10.4 Å². The monoisotopic (exact) mass is 424 g/mol. The second-order valence-corrected chi connectivity index (χ2v) is 7.05. The Morgan fingerprint density at radius 1 is 0.594 bits per heavy atom. The lowest BCUT2D eigenvalue weighted by Crippen LogP contribution is -2.29. The van der Waals surface area contributed by atoms with Gasteiger partial charge in [-0.1, -0.05) is 78.7 Å². The summed E-state index contributed by atoms with van der Waals surface area (Å²) < 4.78 is 74.4. The number of nitrogens with zero attached hydrogens (tertiary/aromatic N) is 1. The molecule has 0 aliphatic carbocycles. The third kappa shape index (κ3) is 4.02. The zero-order valence-corrected chi connectivity index (χ0v) is 16.8. The fourth-order valence-electron chi connectivity index (χ4n) is 3.46. The van der Waals surface area contributed by atoms with Gasteiger partial charge in [0, 0.05) is 17.1 Å². The molecule has 5 rings (SSSR count). The van der Waals surface area contributed by atoms with Crippen molar-refractivity contribution in [2.24, 2.45) is 0 Å². The molecule has 0 aromatic heterocycles. The summed E-state index contributed by atoms with van der Waals surface area (Å²) in [6.45, 7) is 0. The second-order valence-electron chi connectivity index (χ2n) is 7.05. The molecule has 5 aromatic rings. The zero-order chi connectivity index (χ0) is 29.7. The van der Waals surface area contributed by atoms with E-state index in [9.17, 15) is 10.0 Å². The highest BCUT2D eigenvalue weighted by Gasteiger charge is 2.15. The molecule has 0 heterocycles. The molecule has 0 fully saturated rings. The lowest BCUT2D eigenvalue weighted by molar-refractivity contribution is 0.426. The number of anilines is 3. The Hall–Kier alpha value is -3.86. The van der Waals surface area contributed by atoms with Gasteiger partial charge in [0.05, 0.1) is 12.3 Å². The van der Waals surface area contributed by atoms with E-state index in [1.165, 1.54) is 0 Å². The summed E-state index contributed by atoms with van der Waals surface area (Å²) in [4.78, 5) is 1.55. The van der Waals surface area contributed by atoms with Crippen LogP contribution in [-0.4, -0.2) is 17.2 Å². The molecule has 0 unspecified atom stereocenters. The van der Waals surface area contributed by atoms with E-state index in [0.717, 1.165) is 0 Å². The van der Waals surface area contributed by atoms with Crippen molar-refractivity contribution in [3.8, 4) is 11.1 Å². The smallest absolute Gasteiger partial charge is 0.423 e. The SMILES string of the molecule is [2H]c1c([2H])c([2H])c(-c2ccc3cc(N(c4ccccc4)c4c([2H])c([2H])c(B(O)O)c([2H])c4[2H])ccc3c2)c([2H])c1[2H]. The van der Waals surface area contributed by atoms with Crippen LogP contribution in [-0.2, 0) is 0 Å². The van der Waals surface area contributed by atoms with Crippen LogP contribution in [0.1, 0.15) is 12.3 Å². The highest BCUT2D eigenvalue weighted by atomic mass is 16.4. The molecule has 32 heavy (non-hydrogen) atoms. The molecular formula is C28H22BNO2. The second kappa shape index (κ2) is 8.71. The van der Waals surface area contributed by atoms with Gasteiger partial charge in [0.1, 0.15) is 0 Å². The van der Waals surface area contributed by atoms with E-state index in [1.807, 2.05) is 0 Å². The van der Waals surface area contributed by atoms with Gasteiger partial charge in [-0.05, 0) is 69.8 Å². The van der Waals surface area contributed by atoms with Crippen molar-refractivity contribution in [2.45, 2.75) is 0 Å². The minimum Gasteiger partial charge on any atom is -0.423 e. The molecule has 5 aromatic carbocycles. The third-order valence-corrected chi connectivity index (χ3v) is 5.00. The highest BCUT2D eigenvalue weighted by Crippen LogP contribution is 2.36. The molecule has 0 saturated carbocycles. The Kier molecular flexibility index (Phi) is 3.34. The first-order chi connectivity index (χ1) is 19.4. The molecule has 0 atom stereocenters. The van der Waals surface area contributed by atoms with Crippen molar-refractivity contribution in [3.05, 3.63) is 121 Å². The maximum Gasteiger partial charge on any atom is 0.488 e. The van der Waals surface area contributed by atoms with E-state index >= 15 is 0 Å². The van der Waals surface area contributed by atoms with Crippen molar-refractivity contribution >= 4 is 40.4 Å². The third-order valence-electron chi connectivity index (χ3n) is 5.00. The molecule has 154 valence electrons. The molecule has 0 spiro atoms. The predicted molar refractivity (Wildman–Crippen MR) is 134 cm³/mol. The van der Waals surface area contributed by atoms with Gasteiger partial charge in [0.25, 0.3) is 0 Å². The van der Waals surface area contributed by atoms with Gasteiger partial charge in [-0.3, -0.25) is 0 Å². The van der Waals surface area contributed by atoms with E-state index in [4.69, 9.17) is 12.3 Å². The van der Waals surface area contributed by atoms with E-state index < -0.39 is 54.9 Å². The largest absolute Gasteiger partial charge is 0.488 e. The van der Waals surface area contributed by atoms with Crippen LogP contribution in [0.5, 0.6) is 0 Å². The Labute approximate surface area is 200 Å². The maximum absolute atomic E-state index is 9.68. The molecule has 2 N–H and O–H groups in total. The van der Waals surface area contributed by atoms with Crippen LogP contribution >= 0.6 is 0 Å². The summed E-state index contributed by atoms with van der Waals surface area (Å²) in [5.74, 6) is 0. The molecule has 0 aliphatic rings. The number of para-hydroxylation sites is 1. The van der Waals surface area contributed by atoms with Gasteiger partial charge in [-0.25, -0.2) is 0 Å². The molecular weight excluding hydrogens is 393 g/mol. The number of benzene rings is 5. The standard InChI is InChI=1S/C28H22BNO2/c31-29(32)25-14-17-27(18-15-25)30(26-9-5-2-6-10-26)28-16-13-23-19-22(11-12-24(23)20-28)21-7-3-1-4-8-21/h1-20,31-32H/i1D,3D,4D,7D,8D,14D,15D,17D,18D. The van der Waals surface area contributed by atoms with Crippen molar-refractivity contribution in [1.82, 2.24) is 0 Å². The zero-order valence-electron chi connectivity index (χ0n) is 25.8. The molecule has 3 nitrogen and oxygen atoms in total. The van der Waals surface area contributed by atoms with Crippen LogP contribution in [0.4, 0.5) is 17.1 Å². The average Bonchev–Trinajstić information content (AvgIpc) is 2.96. The number of hydrogen-bond donors (Lipinski definition) is 2. The molecule has 4 heteroatoms. The first-order valence-corrected chi connectivity index (χ1v) is 9.86. The van der Waals surface area contributed by atoms with Crippen LogP contribution in [0.25, 0.3) is 21.9 Å². The lowest BCUT2D eigenvalue weighted by atomic mass is 9.80. The molecule has 0 amide bonds. The Morgan fingerprint density at radius 3 is 2.00 bits per heavy atom.